The first-order chi connectivity index (χ1) is 10.5. The minimum atomic E-state index is -0.544. The minimum Gasteiger partial charge on any atom is -0.390 e. The summed E-state index contributed by atoms with van der Waals surface area (Å²) in [5, 5.41) is 9.81. The Hall–Kier alpha value is -1.83. The van der Waals surface area contributed by atoms with Gasteiger partial charge >= 0.3 is 0 Å². The van der Waals surface area contributed by atoms with Gasteiger partial charge in [0.15, 0.2) is 0 Å². The van der Waals surface area contributed by atoms with Crippen molar-refractivity contribution in [2.45, 2.75) is 25.1 Å². The first-order valence-corrected chi connectivity index (χ1v) is 7.36. The van der Waals surface area contributed by atoms with Crippen molar-refractivity contribution in [1.29, 1.82) is 0 Å². The number of rotatable bonds is 3. The molecule has 0 bridgehead atoms. The Bertz CT molecular complexity index is 733. The molecule has 2 atom stereocenters. The summed E-state index contributed by atoms with van der Waals surface area (Å²) >= 11 is 0. The average molecular weight is 306 g/mol. The fourth-order valence-corrected chi connectivity index (χ4v) is 2.83. The summed E-state index contributed by atoms with van der Waals surface area (Å²) in [6.45, 7) is 2.29. The quantitative estimate of drug-likeness (QED) is 0.829. The van der Waals surface area contributed by atoms with Crippen LogP contribution in [0.5, 0.6) is 0 Å². The number of β-amino-alcohol motifs (C(OH)–C–C–N with tert-alkyl or cyclic N) is 1. The molecule has 0 saturated carbocycles. The Labute approximate surface area is 127 Å². The lowest BCUT2D eigenvalue weighted by atomic mass is 10.0. The Balaban J connectivity index is 1.80. The van der Waals surface area contributed by atoms with Crippen LogP contribution in [-0.4, -0.2) is 51.3 Å². The smallest absolute Gasteiger partial charge is 0.251 e. The van der Waals surface area contributed by atoms with E-state index in [1.807, 2.05) is 0 Å². The van der Waals surface area contributed by atoms with Gasteiger partial charge in [0.25, 0.3) is 5.56 Å². The van der Waals surface area contributed by atoms with Crippen LogP contribution in [0.1, 0.15) is 6.42 Å². The number of pyridine rings is 2. The molecule has 118 valence electrons. The molecule has 6 nitrogen and oxygen atoms in total. The maximum absolute atomic E-state index is 13.4. The van der Waals surface area contributed by atoms with Gasteiger partial charge < -0.3 is 15.4 Å². The third-order valence-corrected chi connectivity index (χ3v) is 4.16. The molecule has 1 saturated heterocycles. The van der Waals surface area contributed by atoms with Crippen LogP contribution in [0, 0.1) is 5.82 Å². The van der Waals surface area contributed by atoms with Crippen LogP contribution in [0.4, 0.5) is 4.39 Å². The van der Waals surface area contributed by atoms with Crippen molar-refractivity contribution in [3.05, 3.63) is 40.6 Å². The molecule has 22 heavy (non-hydrogen) atoms. The minimum absolute atomic E-state index is 0.185. The van der Waals surface area contributed by atoms with E-state index in [0.717, 1.165) is 19.2 Å². The summed E-state index contributed by atoms with van der Waals surface area (Å²) in [6.07, 6.45) is 1.32. The van der Waals surface area contributed by atoms with Crippen LogP contribution in [0.25, 0.3) is 11.0 Å². The molecule has 1 aliphatic rings. The molecular formula is C15H19FN4O2. The molecule has 0 radical (unpaired) electrons. The number of likely N-dealkylation sites (tertiary alicyclic amines) is 1. The molecule has 3 N–H and O–H groups in total. The van der Waals surface area contributed by atoms with Crippen molar-refractivity contribution in [3.63, 3.8) is 0 Å². The summed E-state index contributed by atoms with van der Waals surface area (Å²) in [6, 6.07) is 4.17. The molecule has 1 fully saturated rings. The highest BCUT2D eigenvalue weighted by Crippen LogP contribution is 2.12. The number of hydrogen-bond acceptors (Lipinski definition) is 5. The predicted molar refractivity (Wildman–Crippen MR) is 81.0 cm³/mol. The van der Waals surface area contributed by atoms with Crippen LogP contribution in [0.3, 0.4) is 0 Å². The monoisotopic (exact) mass is 306 g/mol. The van der Waals surface area contributed by atoms with E-state index in [1.54, 1.807) is 6.07 Å². The summed E-state index contributed by atoms with van der Waals surface area (Å²) < 4.78 is 14.9. The summed E-state index contributed by atoms with van der Waals surface area (Å²) in [4.78, 5) is 18.1. The SMILES string of the molecule is N[C@H]1CCN(CCn2c(=O)ccc3ncc(F)cc32)C[C@H]1O. The fraction of sp³-hybridized carbons (Fsp3) is 0.467. The zero-order valence-corrected chi connectivity index (χ0v) is 12.2. The molecule has 0 spiro atoms. The van der Waals surface area contributed by atoms with E-state index < -0.39 is 11.9 Å². The van der Waals surface area contributed by atoms with Gasteiger partial charge in [-0.1, -0.05) is 0 Å². The molecule has 0 unspecified atom stereocenters. The van der Waals surface area contributed by atoms with Crippen molar-refractivity contribution in [1.82, 2.24) is 14.5 Å². The maximum Gasteiger partial charge on any atom is 0.251 e. The second-order valence-electron chi connectivity index (χ2n) is 5.70. The number of halogens is 1. The molecular weight excluding hydrogens is 287 g/mol. The second-order valence-corrected chi connectivity index (χ2v) is 5.70. The van der Waals surface area contributed by atoms with E-state index >= 15 is 0 Å². The van der Waals surface area contributed by atoms with Crippen LogP contribution in [-0.2, 0) is 6.54 Å². The van der Waals surface area contributed by atoms with Gasteiger partial charge in [-0.2, -0.15) is 0 Å². The van der Waals surface area contributed by atoms with Gasteiger partial charge in [-0.3, -0.25) is 14.7 Å². The molecule has 0 aromatic carbocycles. The van der Waals surface area contributed by atoms with Crippen molar-refractivity contribution < 1.29 is 9.50 Å². The van der Waals surface area contributed by atoms with E-state index in [1.165, 1.54) is 16.7 Å². The Morgan fingerprint density at radius 2 is 2.23 bits per heavy atom. The lowest BCUT2D eigenvalue weighted by Crippen LogP contribution is -2.51. The Kier molecular flexibility index (Phi) is 4.19. The summed E-state index contributed by atoms with van der Waals surface area (Å²) in [5.74, 6) is -0.466. The molecule has 1 aliphatic heterocycles. The van der Waals surface area contributed by atoms with Gasteiger partial charge in [-0.25, -0.2) is 4.39 Å². The normalized spacial score (nSPS) is 23.0. The zero-order valence-electron chi connectivity index (χ0n) is 12.2. The van der Waals surface area contributed by atoms with Crippen LogP contribution in [0.2, 0.25) is 0 Å². The number of piperidine rings is 1. The number of hydrogen-bond donors (Lipinski definition) is 2. The van der Waals surface area contributed by atoms with Crippen LogP contribution >= 0.6 is 0 Å². The third kappa shape index (κ3) is 3.01. The van der Waals surface area contributed by atoms with E-state index in [2.05, 4.69) is 9.88 Å². The first kappa shape index (κ1) is 15.1. The highest BCUT2D eigenvalue weighted by molar-refractivity contribution is 5.74. The Morgan fingerprint density at radius 1 is 1.41 bits per heavy atom. The number of fused-ring (bicyclic) bond motifs is 1. The van der Waals surface area contributed by atoms with Crippen LogP contribution in [0.15, 0.2) is 29.2 Å². The van der Waals surface area contributed by atoms with Crippen molar-refractivity contribution >= 4 is 11.0 Å². The van der Waals surface area contributed by atoms with Crippen molar-refractivity contribution in [2.75, 3.05) is 19.6 Å². The lowest BCUT2D eigenvalue weighted by molar-refractivity contribution is 0.0520. The number of aromatic nitrogens is 2. The standard InChI is InChI=1S/C15H19FN4O2/c16-10-7-13-12(18-8-10)1-2-15(22)20(13)6-5-19-4-3-11(17)14(21)9-19/h1-2,7-8,11,14,21H,3-6,9,17H2/t11-,14+/m0/s1. The van der Waals surface area contributed by atoms with Crippen LogP contribution < -0.4 is 11.3 Å². The largest absolute Gasteiger partial charge is 0.390 e. The number of aliphatic hydroxyl groups excluding tert-OH is 1. The van der Waals surface area contributed by atoms with Gasteiger partial charge in [-0.05, 0) is 19.0 Å². The number of aliphatic hydroxyl groups is 1. The van der Waals surface area contributed by atoms with E-state index in [4.69, 9.17) is 5.73 Å². The highest BCUT2D eigenvalue weighted by Gasteiger charge is 2.24. The predicted octanol–water partition coefficient (Wildman–Crippen LogP) is -0.0705. The molecule has 0 aliphatic carbocycles. The third-order valence-electron chi connectivity index (χ3n) is 4.16. The van der Waals surface area contributed by atoms with Gasteiger partial charge in [-0.15, -0.1) is 0 Å². The Morgan fingerprint density at radius 3 is 3.00 bits per heavy atom. The first-order valence-electron chi connectivity index (χ1n) is 7.36. The van der Waals surface area contributed by atoms with Crippen molar-refractivity contribution in [2.24, 2.45) is 5.73 Å². The summed E-state index contributed by atoms with van der Waals surface area (Å²) in [7, 11) is 0. The lowest BCUT2D eigenvalue weighted by Gasteiger charge is -2.34. The number of nitrogens with two attached hydrogens (primary N) is 1. The highest BCUT2D eigenvalue weighted by atomic mass is 19.1. The van der Waals surface area contributed by atoms with Gasteiger partial charge in [0.2, 0.25) is 0 Å². The average Bonchev–Trinajstić information content (AvgIpc) is 2.49. The van der Waals surface area contributed by atoms with Crippen molar-refractivity contribution in [3.8, 4) is 0 Å². The molecule has 3 rings (SSSR count). The second kappa shape index (κ2) is 6.12. The fourth-order valence-electron chi connectivity index (χ4n) is 2.83. The summed E-state index contributed by atoms with van der Waals surface area (Å²) in [5.41, 5.74) is 6.67. The topological polar surface area (TPSA) is 84.4 Å². The molecule has 2 aromatic rings. The molecule has 2 aromatic heterocycles. The molecule has 0 amide bonds. The van der Waals surface area contributed by atoms with Gasteiger partial charge in [0, 0.05) is 37.8 Å². The molecule has 7 heteroatoms. The van der Waals surface area contributed by atoms with E-state index in [9.17, 15) is 14.3 Å². The maximum atomic E-state index is 13.4. The number of nitrogens with zero attached hydrogens (tertiary/aromatic N) is 3. The van der Waals surface area contributed by atoms with E-state index in [0.29, 0.717) is 30.7 Å². The zero-order chi connectivity index (χ0) is 15.7. The molecule has 3 heterocycles. The van der Waals surface area contributed by atoms with Gasteiger partial charge in [0.05, 0.1) is 23.3 Å². The van der Waals surface area contributed by atoms with E-state index in [-0.39, 0.29) is 11.6 Å². The van der Waals surface area contributed by atoms with Gasteiger partial charge in [0.1, 0.15) is 5.82 Å².